The van der Waals surface area contributed by atoms with Gasteiger partial charge < -0.3 is 15.1 Å². The minimum Gasteiger partial charge on any atom is -0.336 e. The molecule has 2 aliphatic heterocycles. The molecular formula is C28H37N5O3S. The zero-order valence-electron chi connectivity index (χ0n) is 21.7. The highest BCUT2D eigenvalue weighted by molar-refractivity contribution is 7.98. The largest absolute Gasteiger partial charge is 0.336 e. The number of thioether (sulfide) groups is 1. The first-order chi connectivity index (χ1) is 18.0. The van der Waals surface area contributed by atoms with Crippen LogP contribution in [0.2, 0.25) is 0 Å². The molecule has 8 nitrogen and oxygen atoms in total. The predicted octanol–water partition coefficient (Wildman–Crippen LogP) is 3.55. The van der Waals surface area contributed by atoms with E-state index in [1.807, 2.05) is 67.3 Å². The number of benzene rings is 2. The van der Waals surface area contributed by atoms with E-state index in [1.54, 1.807) is 26.7 Å². The lowest BCUT2D eigenvalue weighted by atomic mass is 10.0. The van der Waals surface area contributed by atoms with E-state index in [0.29, 0.717) is 32.6 Å². The maximum absolute atomic E-state index is 13.5. The Labute approximate surface area is 223 Å². The van der Waals surface area contributed by atoms with Gasteiger partial charge in [-0.2, -0.15) is 11.8 Å². The van der Waals surface area contributed by atoms with E-state index in [1.165, 1.54) is 5.56 Å². The summed E-state index contributed by atoms with van der Waals surface area (Å²) in [4.78, 5) is 43.8. The number of hydrogen-bond donors (Lipinski definition) is 1. The number of amides is 4. The summed E-state index contributed by atoms with van der Waals surface area (Å²) in [5.41, 5.74) is 2.26. The van der Waals surface area contributed by atoms with Gasteiger partial charge in [-0.3, -0.25) is 9.59 Å². The highest BCUT2D eigenvalue weighted by Gasteiger charge is 2.50. The van der Waals surface area contributed by atoms with Gasteiger partial charge >= 0.3 is 6.03 Å². The number of carbonyl (C=O) groups excluding carboxylic acids is 3. The zero-order valence-corrected chi connectivity index (χ0v) is 22.5. The van der Waals surface area contributed by atoms with Crippen LogP contribution in [0.3, 0.4) is 0 Å². The molecule has 0 unspecified atom stereocenters. The Morgan fingerprint density at radius 1 is 1.00 bits per heavy atom. The van der Waals surface area contributed by atoms with E-state index >= 15 is 0 Å². The number of urea groups is 1. The van der Waals surface area contributed by atoms with Gasteiger partial charge in [0, 0.05) is 31.1 Å². The van der Waals surface area contributed by atoms with Crippen molar-refractivity contribution in [3.05, 3.63) is 71.8 Å². The predicted molar refractivity (Wildman–Crippen MR) is 146 cm³/mol. The van der Waals surface area contributed by atoms with E-state index in [4.69, 9.17) is 0 Å². The van der Waals surface area contributed by atoms with Crippen LogP contribution in [0.5, 0.6) is 0 Å². The Morgan fingerprint density at radius 3 is 2.32 bits per heavy atom. The molecule has 9 heteroatoms. The molecule has 0 spiro atoms. The molecule has 0 aromatic heterocycles. The van der Waals surface area contributed by atoms with Gasteiger partial charge in [-0.05, 0) is 17.5 Å². The second-order valence-electron chi connectivity index (χ2n) is 9.38. The van der Waals surface area contributed by atoms with Gasteiger partial charge in [-0.25, -0.2) is 14.8 Å². The van der Waals surface area contributed by atoms with E-state index in [0.717, 1.165) is 23.5 Å². The summed E-state index contributed by atoms with van der Waals surface area (Å²) in [5.74, 6) is 1.57. The maximum Gasteiger partial charge on any atom is 0.334 e. The number of piperazine rings is 1. The maximum atomic E-state index is 13.5. The number of nitrogens with one attached hydrogen (secondary N) is 1. The molecule has 4 rings (SSSR count). The molecule has 0 aliphatic carbocycles. The van der Waals surface area contributed by atoms with Crippen LogP contribution in [0.25, 0.3) is 0 Å². The molecular weight excluding hydrogens is 486 g/mol. The van der Waals surface area contributed by atoms with Crippen LogP contribution in [0.15, 0.2) is 60.7 Å². The molecule has 2 aromatic carbocycles. The molecule has 0 saturated carbocycles. The number of hydrazine groups is 1. The van der Waals surface area contributed by atoms with Crippen molar-refractivity contribution in [2.75, 3.05) is 31.9 Å². The van der Waals surface area contributed by atoms with Crippen molar-refractivity contribution in [3.8, 4) is 0 Å². The minimum absolute atomic E-state index is 0.0126. The first-order valence-electron chi connectivity index (χ1n) is 13.1. The topological polar surface area (TPSA) is 76.2 Å². The van der Waals surface area contributed by atoms with Crippen molar-refractivity contribution in [2.24, 2.45) is 0 Å². The Balaban J connectivity index is 1.49. The second kappa shape index (κ2) is 13.0. The summed E-state index contributed by atoms with van der Waals surface area (Å²) in [5, 5.41) is 6.49. The van der Waals surface area contributed by atoms with Gasteiger partial charge in [-0.15, -0.1) is 0 Å². The molecule has 4 amide bonds. The van der Waals surface area contributed by atoms with Gasteiger partial charge in [0.15, 0.2) is 0 Å². The number of likely N-dealkylation sites (N-methyl/N-ethyl adjacent to an activating group) is 1. The lowest BCUT2D eigenvalue weighted by Crippen LogP contribution is -2.76. The monoisotopic (exact) mass is 523 g/mol. The third-order valence-electron chi connectivity index (χ3n) is 6.87. The van der Waals surface area contributed by atoms with Crippen molar-refractivity contribution in [3.63, 3.8) is 0 Å². The average molecular weight is 524 g/mol. The van der Waals surface area contributed by atoms with Crippen molar-refractivity contribution in [1.29, 1.82) is 0 Å². The zero-order chi connectivity index (χ0) is 26.2. The van der Waals surface area contributed by atoms with Crippen LogP contribution >= 0.6 is 11.8 Å². The third kappa shape index (κ3) is 6.45. The van der Waals surface area contributed by atoms with E-state index in [9.17, 15) is 14.4 Å². The SMILES string of the molecule is CCC[C@H]1C(=O)N(CCSCc2ccccc2)C[C@H]2N1C(=O)CN(CC)N2C(=O)NCc1ccccc1. The van der Waals surface area contributed by atoms with Crippen LogP contribution in [0.4, 0.5) is 4.79 Å². The molecule has 2 aromatic rings. The molecule has 198 valence electrons. The van der Waals surface area contributed by atoms with E-state index in [2.05, 4.69) is 17.4 Å². The molecule has 2 heterocycles. The summed E-state index contributed by atoms with van der Waals surface area (Å²) in [6.07, 6.45) is 0.840. The van der Waals surface area contributed by atoms with Crippen molar-refractivity contribution in [1.82, 2.24) is 25.1 Å². The van der Waals surface area contributed by atoms with E-state index < -0.39 is 12.2 Å². The summed E-state index contributed by atoms with van der Waals surface area (Å²) in [6, 6.07) is 19.2. The first-order valence-corrected chi connectivity index (χ1v) is 14.3. The summed E-state index contributed by atoms with van der Waals surface area (Å²) in [7, 11) is 0. The summed E-state index contributed by atoms with van der Waals surface area (Å²) < 4.78 is 0. The van der Waals surface area contributed by atoms with Crippen LogP contribution in [-0.2, 0) is 21.9 Å². The van der Waals surface area contributed by atoms with Gasteiger partial charge in [0.1, 0.15) is 12.2 Å². The molecule has 2 atom stereocenters. The third-order valence-corrected chi connectivity index (χ3v) is 7.88. The Hall–Kier alpha value is -3.04. The Morgan fingerprint density at radius 2 is 1.68 bits per heavy atom. The second-order valence-corrected chi connectivity index (χ2v) is 10.5. The van der Waals surface area contributed by atoms with Gasteiger partial charge in [-0.1, -0.05) is 80.9 Å². The normalized spacial score (nSPS) is 20.2. The lowest BCUT2D eigenvalue weighted by Gasteiger charge is -2.55. The van der Waals surface area contributed by atoms with Crippen LogP contribution in [0, 0.1) is 0 Å². The molecule has 0 bridgehead atoms. The van der Waals surface area contributed by atoms with Crippen molar-refractivity contribution >= 4 is 29.6 Å². The summed E-state index contributed by atoms with van der Waals surface area (Å²) in [6.45, 7) is 5.86. The van der Waals surface area contributed by atoms with Crippen molar-refractivity contribution < 1.29 is 14.4 Å². The molecule has 1 N–H and O–H groups in total. The fourth-order valence-corrected chi connectivity index (χ4v) is 5.93. The van der Waals surface area contributed by atoms with Crippen LogP contribution in [-0.4, -0.2) is 81.8 Å². The summed E-state index contributed by atoms with van der Waals surface area (Å²) >= 11 is 1.79. The fraction of sp³-hybridized carbons (Fsp3) is 0.464. The molecule has 2 fully saturated rings. The van der Waals surface area contributed by atoms with Crippen LogP contribution < -0.4 is 5.32 Å². The van der Waals surface area contributed by atoms with Gasteiger partial charge in [0.25, 0.3) is 0 Å². The number of rotatable bonds is 10. The van der Waals surface area contributed by atoms with Crippen LogP contribution in [0.1, 0.15) is 37.8 Å². The number of fused-ring (bicyclic) bond motifs is 1. The van der Waals surface area contributed by atoms with E-state index in [-0.39, 0.29) is 24.4 Å². The molecule has 0 radical (unpaired) electrons. The number of carbonyl (C=O) groups is 3. The lowest BCUT2D eigenvalue weighted by molar-refractivity contribution is -0.190. The fourth-order valence-electron chi connectivity index (χ4n) is 5.01. The van der Waals surface area contributed by atoms with Gasteiger partial charge in [0.2, 0.25) is 11.8 Å². The highest BCUT2D eigenvalue weighted by atomic mass is 32.2. The quantitative estimate of drug-likeness (QED) is 0.482. The number of nitrogens with zero attached hydrogens (tertiary/aromatic N) is 4. The van der Waals surface area contributed by atoms with Crippen molar-refractivity contribution in [2.45, 2.75) is 51.2 Å². The Bertz CT molecular complexity index is 1050. The van der Waals surface area contributed by atoms with Gasteiger partial charge in [0.05, 0.1) is 13.1 Å². The average Bonchev–Trinajstić information content (AvgIpc) is 2.92. The smallest absolute Gasteiger partial charge is 0.334 e. The first kappa shape index (κ1) is 27.0. The Kier molecular flexibility index (Phi) is 9.46. The minimum atomic E-state index is -0.543. The highest BCUT2D eigenvalue weighted by Crippen LogP contribution is 2.28. The molecule has 2 aliphatic rings. The molecule has 37 heavy (non-hydrogen) atoms. The standard InChI is InChI=1S/C28H37N5O3S/c1-3-11-24-27(35)30(16-17-37-21-23-14-9-6-10-15-23)19-25-32(24)26(34)20-31(4-2)33(25)28(36)29-18-22-12-7-5-8-13-22/h5-10,12-15,24-25H,3-4,11,16-21H2,1-2H3,(H,29,36)/t24-,25-/m0/s1. The molecule has 2 saturated heterocycles. The number of hydrogen-bond acceptors (Lipinski definition) is 5.